The van der Waals surface area contributed by atoms with Gasteiger partial charge in [-0.1, -0.05) is 24.6 Å². The molecule has 1 aromatic carbocycles. The fraction of sp³-hybridized carbons (Fsp3) is 0.438. The number of benzene rings is 1. The number of ether oxygens (including phenoxy) is 1. The van der Waals surface area contributed by atoms with E-state index in [1.165, 1.54) is 12.0 Å². The van der Waals surface area contributed by atoms with Crippen molar-refractivity contribution in [2.45, 2.75) is 31.6 Å². The topological polar surface area (TPSA) is 38.3 Å². The van der Waals surface area contributed by atoms with Crippen molar-refractivity contribution in [2.24, 2.45) is 0 Å². The Labute approximate surface area is 114 Å². The number of nitrogens with one attached hydrogen (secondary N) is 1. The van der Waals surface area contributed by atoms with Crippen molar-refractivity contribution in [3.05, 3.63) is 42.0 Å². The maximum atomic E-state index is 11.5. The molecule has 0 saturated heterocycles. The Morgan fingerprint density at radius 1 is 1.37 bits per heavy atom. The van der Waals surface area contributed by atoms with E-state index in [0.717, 1.165) is 18.6 Å². The van der Waals surface area contributed by atoms with Gasteiger partial charge in [-0.3, -0.25) is 4.79 Å². The van der Waals surface area contributed by atoms with Gasteiger partial charge in [0, 0.05) is 12.0 Å². The van der Waals surface area contributed by atoms with Gasteiger partial charge in [-0.15, -0.1) is 0 Å². The fourth-order valence-corrected chi connectivity index (χ4v) is 2.58. The van der Waals surface area contributed by atoms with Crippen LogP contribution in [0.5, 0.6) is 5.75 Å². The van der Waals surface area contributed by atoms with Gasteiger partial charge in [-0.05, 0) is 43.5 Å². The van der Waals surface area contributed by atoms with E-state index in [1.807, 2.05) is 19.1 Å². The van der Waals surface area contributed by atoms with Crippen LogP contribution in [0.25, 0.3) is 0 Å². The first-order chi connectivity index (χ1) is 9.20. The van der Waals surface area contributed by atoms with Gasteiger partial charge in [0.15, 0.2) is 0 Å². The van der Waals surface area contributed by atoms with Crippen LogP contribution in [0.15, 0.2) is 36.4 Å². The second-order valence-corrected chi connectivity index (χ2v) is 5.08. The van der Waals surface area contributed by atoms with Gasteiger partial charge in [-0.2, -0.15) is 0 Å². The molecule has 19 heavy (non-hydrogen) atoms. The number of carbonyl (C=O) groups is 1. The average molecular weight is 259 g/mol. The molecule has 0 unspecified atom stereocenters. The van der Waals surface area contributed by atoms with Gasteiger partial charge >= 0.3 is 0 Å². The molecule has 102 valence electrons. The van der Waals surface area contributed by atoms with E-state index in [1.54, 1.807) is 19.3 Å². The van der Waals surface area contributed by atoms with Crippen LogP contribution in [0.3, 0.4) is 0 Å². The monoisotopic (exact) mass is 259 g/mol. The molecule has 1 aliphatic carbocycles. The molecule has 0 atom stereocenters. The minimum Gasteiger partial charge on any atom is -0.497 e. The molecule has 3 heteroatoms. The summed E-state index contributed by atoms with van der Waals surface area (Å²) in [5.74, 6) is 0.860. The molecule has 0 radical (unpaired) electrons. The summed E-state index contributed by atoms with van der Waals surface area (Å²) in [5, 5.41) is 3.00. The lowest BCUT2D eigenvalue weighted by Gasteiger charge is -2.42. The van der Waals surface area contributed by atoms with Crippen LogP contribution in [0.4, 0.5) is 0 Å². The lowest BCUT2D eigenvalue weighted by Crippen LogP contribution is -2.45. The van der Waals surface area contributed by atoms with Gasteiger partial charge in [0.1, 0.15) is 5.75 Å². The van der Waals surface area contributed by atoms with Crippen LogP contribution in [0, 0.1) is 0 Å². The summed E-state index contributed by atoms with van der Waals surface area (Å²) in [6, 6.07) is 8.20. The lowest BCUT2D eigenvalue weighted by molar-refractivity contribution is -0.116. The van der Waals surface area contributed by atoms with Crippen molar-refractivity contribution < 1.29 is 9.53 Å². The Kier molecular flexibility index (Phi) is 4.25. The van der Waals surface area contributed by atoms with E-state index in [0.29, 0.717) is 6.54 Å². The first-order valence-corrected chi connectivity index (χ1v) is 6.75. The molecule has 0 aromatic heterocycles. The molecule has 2 rings (SSSR count). The molecule has 0 bridgehead atoms. The molecule has 1 amide bonds. The molecule has 0 spiro atoms. The number of methoxy groups -OCH3 is 1. The Hall–Kier alpha value is -1.77. The van der Waals surface area contributed by atoms with Crippen molar-refractivity contribution in [1.29, 1.82) is 0 Å². The number of amides is 1. The third-order valence-corrected chi connectivity index (χ3v) is 3.93. The fourth-order valence-electron chi connectivity index (χ4n) is 2.58. The van der Waals surface area contributed by atoms with Gasteiger partial charge in [-0.25, -0.2) is 0 Å². The predicted molar refractivity (Wildman–Crippen MR) is 76.3 cm³/mol. The van der Waals surface area contributed by atoms with Gasteiger partial charge in [0.05, 0.1) is 7.11 Å². The summed E-state index contributed by atoms with van der Waals surface area (Å²) >= 11 is 0. The minimum atomic E-state index is -0.0118. The third-order valence-electron chi connectivity index (χ3n) is 3.93. The van der Waals surface area contributed by atoms with Crippen LogP contribution in [-0.2, 0) is 10.2 Å². The SMILES string of the molecule is C/C=C/C(=O)NCC1(c2ccc(OC)cc2)CCC1. The van der Waals surface area contributed by atoms with Crippen LogP contribution in [-0.4, -0.2) is 19.6 Å². The summed E-state index contributed by atoms with van der Waals surface area (Å²) in [7, 11) is 1.67. The molecule has 1 saturated carbocycles. The van der Waals surface area contributed by atoms with E-state index in [2.05, 4.69) is 17.4 Å². The van der Waals surface area contributed by atoms with Crippen molar-refractivity contribution in [3.63, 3.8) is 0 Å². The van der Waals surface area contributed by atoms with Gasteiger partial charge < -0.3 is 10.1 Å². The van der Waals surface area contributed by atoms with Crippen molar-refractivity contribution in [3.8, 4) is 5.75 Å². The normalized spacial score (nSPS) is 16.9. The van der Waals surface area contributed by atoms with E-state index >= 15 is 0 Å². The molecule has 1 N–H and O–H groups in total. The first-order valence-electron chi connectivity index (χ1n) is 6.75. The molecule has 1 aromatic rings. The maximum absolute atomic E-state index is 11.5. The second kappa shape index (κ2) is 5.91. The zero-order valence-electron chi connectivity index (χ0n) is 11.6. The predicted octanol–water partition coefficient (Wildman–Crippen LogP) is 2.81. The number of hydrogen-bond donors (Lipinski definition) is 1. The number of hydrogen-bond acceptors (Lipinski definition) is 2. The molecule has 1 aliphatic rings. The quantitative estimate of drug-likeness (QED) is 0.826. The van der Waals surface area contributed by atoms with E-state index in [4.69, 9.17) is 4.74 Å². The Morgan fingerprint density at radius 3 is 2.53 bits per heavy atom. The zero-order chi connectivity index (χ0) is 13.7. The summed E-state index contributed by atoms with van der Waals surface area (Å²) < 4.78 is 5.18. The van der Waals surface area contributed by atoms with Crippen molar-refractivity contribution in [2.75, 3.05) is 13.7 Å². The summed E-state index contributed by atoms with van der Waals surface area (Å²) in [4.78, 5) is 11.5. The molecule has 1 fully saturated rings. The molecular formula is C16H21NO2. The number of carbonyl (C=O) groups excluding carboxylic acids is 1. The third kappa shape index (κ3) is 2.98. The molecule has 0 aliphatic heterocycles. The summed E-state index contributed by atoms with van der Waals surface area (Å²) in [6.07, 6.45) is 6.83. The second-order valence-electron chi connectivity index (χ2n) is 5.08. The van der Waals surface area contributed by atoms with Gasteiger partial charge in [0.2, 0.25) is 5.91 Å². The zero-order valence-corrected chi connectivity index (χ0v) is 11.6. The van der Waals surface area contributed by atoms with Crippen LogP contribution >= 0.6 is 0 Å². The summed E-state index contributed by atoms with van der Waals surface area (Å²) in [6.45, 7) is 2.56. The number of allylic oxidation sites excluding steroid dienone is 1. The molecule has 3 nitrogen and oxygen atoms in total. The van der Waals surface area contributed by atoms with E-state index in [-0.39, 0.29) is 11.3 Å². The van der Waals surface area contributed by atoms with E-state index < -0.39 is 0 Å². The lowest BCUT2D eigenvalue weighted by atomic mass is 9.64. The molecule has 0 heterocycles. The van der Waals surface area contributed by atoms with Crippen LogP contribution in [0.2, 0.25) is 0 Å². The van der Waals surface area contributed by atoms with E-state index in [9.17, 15) is 4.79 Å². The Morgan fingerprint density at radius 2 is 2.05 bits per heavy atom. The van der Waals surface area contributed by atoms with Crippen molar-refractivity contribution >= 4 is 5.91 Å². The minimum absolute atomic E-state index is 0.0118. The highest BCUT2D eigenvalue weighted by molar-refractivity contribution is 5.87. The van der Waals surface area contributed by atoms with Crippen LogP contribution < -0.4 is 10.1 Å². The highest BCUT2D eigenvalue weighted by Gasteiger charge is 2.38. The first kappa shape index (κ1) is 13.7. The standard InChI is InChI=1S/C16H21NO2/c1-3-5-15(18)17-12-16(10-4-11-16)13-6-8-14(19-2)9-7-13/h3,5-9H,4,10-12H2,1-2H3,(H,17,18)/b5-3+. The van der Waals surface area contributed by atoms with Crippen molar-refractivity contribution in [1.82, 2.24) is 5.32 Å². The number of rotatable bonds is 5. The summed E-state index contributed by atoms with van der Waals surface area (Å²) in [5.41, 5.74) is 1.41. The smallest absolute Gasteiger partial charge is 0.243 e. The average Bonchev–Trinajstić information content (AvgIpc) is 2.38. The molecular weight excluding hydrogens is 238 g/mol. The highest BCUT2D eigenvalue weighted by Crippen LogP contribution is 2.43. The highest BCUT2D eigenvalue weighted by atomic mass is 16.5. The maximum Gasteiger partial charge on any atom is 0.243 e. The Balaban J connectivity index is 2.06. The van der Waals surface area contributed by atoms with Gasteiger partial charge in [0.25, 0.3) is 0 Å². The Bertz CT molecular complexity index is 458. The van der Waals surface area contributed by atoms with Crippen LogP contribution in [0.1, 0.15) is 31.7 Å². The largest absolute Gasteiger partial charge is 0.497 e.